The lowest BCUT2D eigenvalue weighted by atomic mass is 9.83. The molecule has 0 aromatic rings. The van der Waals surface area contributed by atoms with Gasteiger partial charge >= 0.3 is 5.97 Å². The van der Waals surface area contributed by atoms with Crippen LogP contribution in [0.15, 0.2) is 4.99 Å². The molecule has 1 rings (SSSR count). The van der Waals surface area contributed by atoms with Crippen molar-refractivity contribution >= 4 is 11.9 Å². The minimum absolute atomic E-state index is 0.217. The Morgan fingerprint density at radius 2 is 1.95 bits per heavy atom. The molecule has 1 fully saturated rings. The number of nitrogens with one attached hydrogen (secondary N) is 2. The lowest BCUT2D eigenvalue weighted by Gasteiger charge is -2.29. The summed E-state index contributed by atoms with van der Waals surface area (Å²) >= 11 is 0. The van der Waals surface area contributed by atoms with Gasteiger partial charge in [-0.25, -0.2) is 0 Å². The standard InChI is InChI=1S/C15H29N3O3/c1-16-14(17-10-6-13(19)21-3)18-12-15(9-11-20-2)7-4-5-8-15/h4-12H2,1-3H3,(H2,16,17,18). The highest BCUT2D eigenvalue weighted by Gasteiger charge is 2.33. The Balaban J connectivity index is 2.36. The number of hydrogen-bond donors (Lipinski definition) is 2. The SMILES string of the molecule is CN=C(NCCC(=O)OC)NCC1(CCOC)CCCC1. The minimum Gasteiger partial charge on any atom is -0.469 e. The van der Waals surface area contributed by atoms with Crippen LogP contribution >= 0.6 is 0 Å². The van der Waals surface area contributed by atoms with Gasteiger partial charge in [0.15, 0.2) is 5.96 Å². The molecule has 0 spiro atoms. The van der Waals surface area contributed by atoms with Gasteiger partial charge in [0.05, 0.1) is 13.5 Å². The van der Waals surface area contributed by atoms with Crippen LogP contribution in [0.3, 0.4) is 0 Å². The van der Waals surface area contributed by atoms with Crippen LogP contribution in [0.25, 0.3) is 0 Å². The summed E-state index contributed by atoms with van der Waals surface area (Å²) in [6, 6.07) is 0. The van der Waals surface area contributed by atoms with Gasteiger partial charge < -0.3 is 20.1 Å². The maximum Gasteiger partial charge on any atom is 0.307 e. The highest BCUT2D eigenvalue weighted by atomic mass is 16.5. The molecule has 0 heterocycles. The van der Waals surface area contributed by atoms with E-state index in [-0.39, 0.29) is 5.97 Å². The molecule has 122 valence electrons. The van der Waals surface area contributed by atoms with Crippen LogP contribution in [-0.2, 0) is 14.3 Å². The third-order valence-electron chi connectivity index (χ3n) is 4.20. The lowest BCUT2D eigenvalue weighted by molar-refractivity contribution is -0.140. The first-order chi connectivity index (χ1) is 10.2. The molecule has 0 radical (unpaired) electrons. The van der Waals surface area contributed by atoms with Crippen LogP contribution in [0, 0.1) is 5.41 Å². The van der Waals surface area contributed by atoms with Crippen molar-refractivity contribution in [2.75, 3.05) is 41.0 Å². The van der Waals surface area contributed by atoms with Crippen molar-refractivity contribution in [3.63, 3.8) is 0 Å². The Bertz CT molecular complexity index is 339. The van der Waals surface area contributed by atoms with Crippen LogP contribution in [0.2, 0.25) is 0 Å². The summed E-state index contributed by atoms with van der Waals surface area (Å²) in [5, 5.41) is 6.52. The molecule has 0 atom stereocenters. The predicted molar refractivity (Wildman–Crippen MR) is 83.4 cm³/mol. The molecule has 6 heteroatoms. The fourth-order valence-corrected chi connectivity index (χ4v) is 2.84. The summed E-state index contributed by atoms with van der Waals surface area (Å²) in [4.78, 5) is 15.3. The molecule has 0 aliphatic heterocycles. The van der Waals surface area contributed by atoms with Gasteiger partial charge in [0.2, 0.25) is 0 Å². The average molecular weight is 299 g/mol. The van der Waals surface area contributed by atoms with Crippen LogP contribution in [0.4, 0.5) is 0 Å². The Kier molecular flexibility index (Phi) is 8.12. The van der Waals surface area contributed by atoms with Gasteiger partial charge in [-0.3, -0.25) is 9.79 Å². The molecule has 1 aliphatic carbocycles. The van der Waals surface area contributed by atoms with Gasteiger partial charge in [-0.15, -0.1) is 0 Å². The second kappa shape index (κ2) is 9.60. The molecule has 6 nitrogen and oxygen atoms in total. The van der Waals surface area contributed by atoms with E-state index < -0.39 is 0 Å². The second-order valence-corrected chi connectivity index (χ2v) is 5.63. The van der Waals surface area contributed by atoms with Crippen molar-refractivity contribution in [1.82, 2.24) is 10.6 Å². The zero-order chi connectivity index (χ0) is 15.6. The van der Waals surface area contributed by atoms with Gasteiger partial charge in [-0.2, -0.15) is 0 Å². The molecule has 1 saturated carbocycles. The maximum atomic E-state index is 11.1. The van der Waals surface area contributed by atoms with E-state index in [2.05, 4.69) is 20.4 Å². The first-order valence-corrected chi connectivity index (χ1v) is 7.66. The minimum atomic E-state index is -0.217. The molecule has 0 aromatic carbocycles. The van der Waals surface area contributed by atoms with Crippen LogP contribution in [0.5, 0.6) is 0 Å². The number of guanidine groups is 1. The fourth-order valence-electron chi connectivity index (χ4n) is 2.84. The Hall–Kier alpha value is -1.30. The summed E-state index contributed by atoms with van der Waals surface area (Å²) in [5.41, 5.74) is 0.315. The molecule has 0 aromatic heterocycles. The van der Waals surface area contributed by atoms with Gasteiger partial charge in [0, 0.05) is 33.9 Å². The van der Waals surface area contributed by atoms with E-state index in [9.17, 15) is 4.79 Å². The van der Waals surface area contributed by atoms with Crippen molar-refractivity contribution in [1.29, 1.82) is 0 Å². The van der Waals surface area contributed by atoms with E-state index in [0.29, 0.717) is 18.4 Å². The van der Waals surface area contributed by atoms with E-state index in [1.807, 2.05) is 0 Å². The highest BCUT2D eigenvalue weighted by molar-refractivity contribution is 5.80. The predicted octanol–water partition coefficient (Wildman–Crippen LogP) is 1.31. The normalized spacial score (nSPS) is 17.6. The molecule has 1 aliphatic rings. The highest BCUT2D eigenvalue weighted by Crippen LogP contribution is 2.40. The molecule has 2 N–H and O–H groups in total. The fraction of sp³-hybridized carbons (Fsp3) is 0.867. The van der Waals surface area contributed by atoms with Crippen molar-refractivity contribution in [2.45, 2.75) is 38.5 Å². The van der Waals surface area contributed by atoms with E-state index in [4.69, 9.17) is 4.74 Å². The lowest BCUT2D eigenvalue weighted by Crippen LogP contribution is -2.43. The van der Waals surface area contributed by atoms with Crippen molar-refractivity contribution in [3.05, 3.63) is 0 Å². The quantitative estimate of drug-likeness (QED) is 0.402. The summed E-state index contributed by atoms with van der Waals surface area (Å²) < 4.78 is 9.85. The number of esters is 1. The van der Waals surface area contributed by atoms with Gasteiger partial charge in [-0.05, 0) is 24.7 Å². The van der Waals surface area contributed by atoms with Crippen molar-refractivity contribution < 1.29 is 14.3 Å². The number of aliphatic imine (C=N–C) groups is 1. The number of carbonyl (C=O) groups is 1. The van der Waals surface area contributed by atoms with Gasteiger partial charge in [0.25, 0.3) is 0 Å². The topological polar surface area (TPSA) is 72.0 Å². The van der Waals surface area contributed by atoms with Gasteiger partial charge in [-0.1, -0.05) is 12.8 Å². The Morgan fingerprint density at radius 1 is 1.24 bits per heavy atom. The van der Waals surface area contributed by atoms with Crippen LogP contribution in [0.1, 0.15) is 38.5 Å². The second-order valence-electron chi connectivity index (χ2n) is 5.63. The number of carbonyl (C=O) groups excluding carboxylic acids is 1. The summed E-state index contributed by atoms with van der Waals surface area (Å²) in [6.07, 6.45) is 6.48. The summed E-state index contributed by atoms with van der Waals surface area (Å²) in [6.45, 7) is 2.22. The molecule has 0 saturated heterocycles. The third kappa shape index (κ3) is 6.33. The number of nitrogens with zero attached hydrogens (tertiary/aromatic N) is 1. The molecule has 21 heavy (non-hydrogen) atoms. The Morgan fingerprint density at radius 3 is 2.52 bits per heavy atom. The average Bonchev–Trinajstić information content (AvgIpc) is 2.97. The van der Waals surface area contributed by atoms with Gasteiger partial charge in [0.1, 0.15) is 0 Å². The van der Waals surface area contributed by atoms with Crippen LogP contribution < -0.4 is 10.6 Å². The first-order valence-electron chi connectivity index (χ1n) is 7.66. The number of ether oxygens (including phenoxy) is 2. The maximum absolute atomic E-state index is 11.1. The largest absolute Gasteiger partial charge is 0.469 e. The summed E-state index contributed by atoms with van der Waals surface area (Å²) in [7, 11) is 4.89. The van der Waals surface area contributed by atoms with E-state index in [1.165, 1.54) is 32.8 Å². The molecule has 0 amide bonds. The van der Waals surface area contributed by atoms with Crippen LogP contribution in [-0.4, -0.2) is 52.9 Å². The monoisotopic (exact) mass is 299 g/mol. The van der Waals surface area contributed by atoms with E-state index in [0.717, 1.165) is 25.5 Å². The zero-order valence-electron chi connectivity index (χ0n) is 13.5. The Labute approximate surface area is 127 Å². The van der Waals surface area contributed by atoms with Crippen molar-refractivity contribution in [3.8, 4) is 0 Å². The molecule has 0 unspecified atom stereocenters. The number of methoxy groups -OCH3 is 2. The molecular formula is C15H29N3O3. The molecular weight excluding hydrogens is 270 g/mol. The van der Waals surface area contributed by atoms with E-state index >= 15 is 0 Å². The molecule has 0 bridgehead atoms. The van der Waals surface area contributed by atoms with E-state index in [1.54, 1.807) is 14.2 Å². The first kappa shape index (κ1) is 17.8. The van der Waals surface area contributed by atoms with Crippen molar-refractivity contribution in [2.24, 2.45) is 10.4 Å². The smallest absolute Gasteiger partial charge is 0.307 e. The number of hydrogen-bond acceptors (Lipinski definition) is 4. The number of rotatable bonds is 8. The zero-order valence-corrected chi connectivity index (χ0v) is 13.5. The third-order valence-corrected chi connectivity index (χ3v) is 4.20. The summed E-state index contributed by atoms with van der Waals surface area (Å²) in [5.74, 6) is 0.521.